The Bertz CT molecular complexity index is 563. The number of hydrogen-bond acceptors (Lipinski definition) is 2. The predicted molar refractivity (Wildman–Crippen MR) is 74.3 cm³/mol. The van der Waals surface area contributed by atoms with Gasteiger partial charge in [-0.3, -0.25) is 0 Å². The van der Waals surface area contributed by atoms with E-state index in [1.54, 1.807) is 13.8 Å². The maximum absolute atomic E-state index is 12.8. The molecule has 1 aromatic carbocycles. The zero-order valence-electron chi connectivity index (χ0n) is 11.5. The van der Waals surface area contributed by atoms with Crippen LogP contribution in [0.15, 0.2) is 28.2 Å². The molecule has 0 spiro atoms. The van der Waals surface area contributed by atoms with Crippen LogP contribution in [-0.4, -0.2) is 18.0 Å². The second-order valence-electron chi connectivity index (χ2n) is 4.39. The summed E-state index contributed by atoms with van der Waals surface area (Å²) in [5, 5.41) is 0. The fourth-order valence-electron chi connectivity index (χ4n) is 1.44. The van der Waals surface area contributed by atoms with Crippen molar-refractivity contribution in [3.05, 3.63) is 23.8 Å². The molecule has 0 radical (unpaired) electrons. The molecule has 0 heterocycles. The molecule has 0 bridgehead atoms. The summed E-state index contributed by atoms with van der Waals surface area (Å²) >= 11 is 0. The summed E-state index contributed by atoms with van der Waals surface area (Å²) in [6, 6.07) is 3.02. The average molecular weight is 303 g/mol. The van der Waals surface area contributed by atoms with Crippen LogP contribution < -0.4 is 21.9 Å². The highest BCUT2D eigenvalue weighted by molar-refractivity contribution is 5.93. The largest absolute Gasteiger partial charge is 0.491 e. The van der Waals surface area contributed by atoms with Crippen molar-refractivity contribution < 1.29 is 17.9 Å². The minimum Gasteiger partial charge on any atom is -0.491 e. The maximum Gasteiger partial charge on any atom is 0.416 e. The van der Waals surface area contributed by atoms with Crippen LogP contribution in [0.3, 0.4) is 0 Å². The van der Waals surface area contributed by atoms with E-state index in [1.165, 1.54) is 6.07 Å². The fourth-order valence-corrected chi connectivity index (χ4v) is 1.44. The molecule has 9 heteroatoms. The Morgan fingerprint density at radius 2 is 1.76 bits per heavy atom. The monoisotopic (exact) mass is 303 g/mol. The first-order valence-corrected chi connectivity index (χ1v) is 5.90. The number of aliphatic imine (C=N–C) groups is 2. The number of benzene rings is 1. The molecule has 0 unspecified atom stereocenters. The third-order valence-corrected chi connectivity index (χ3v) is 2.08. The first-order valence-electron chi connectivity index (χ1n) is 5.90. The normalized spacial score (nSPS) is 12.4. The zero-order chi connectivity index (χ0) is 16.2. The minimum absolute atomic E-state index is 0.0241. The Morgan fingerprint density at radius 3 is 2.24 bits per heavy atom. The molecule has 0 aromatic heterocycles. The van der Waals surface area contributed by atoms with Gasteiger partial charge in [-0.25, -0.2) is 4.99 Å². The third-order valence-electron chi connectivity index (χ3n) is 2.08. The lowest BCUT2D eigenvalue weighted by Gasteiger charge is -2.13. The van der Waals surface area contributed by atoms with Crippen molar-refractivity contribution in [2.45, 2.75) is 26.1 Å². The van der Waals surface area contributed by atoms with E-state index in [1.807, 2.05) is 0 Å². The fraction of sp³-hybridized carbons (Fsp3) is 0.333. The van der Waals surface area contributed by atoms with Gasteiger partial charge in [0.15, 0.2) is 5.96 Å². The average Bonchev–Trinajstić information content (AvgIpc) is 2.24. The molecule has 0 saturated carbocycles. The third kappa shape index (κ3) is 5.59. The number of alkyl halides is 3. The van der Waals surface area contributed by atoms with Gasteiger partial charge in [-0.05, 0) is 26.0 Å². The van der Waals surface area contributed by atoms with Gasteiger partial charge in [-0.15, -0.1) is 0 Å². The van der Waals surface area contributed by atoms with E-state index in [0.29, 0.717) is 0 Å². The van der Waals surface area contributed by atoms with E-state index in [-0.39, 0.29) is 29.5 Å². The molecular weight excluding hydrogens is 287 g/mol. The Morgan fingerprint density at radius 1 is 1.14 bits per heavy atom. The molecule has 0 saturated heterocycles. The molecule has 6 nitrogen and oxygen atoms in total. The molecule has 0 aliphatic carbocycles. The van der Waals surface area contributed by atoms with Gasteiger partial charge in [0, 0.05) is 6.07 Å². The first-order chi connectivity index (χ1) is 9.57. The van der Waals surface area contributed by atoms with E-state index in [2.05, 4.69) is 9.98 Å². The predicted octanol–water partition coefficient (Wildman–Crippen LogP) is 1.71. The van der Waals surface area contributed by atoms with Crippen molar-refractivity contribution in [3.8, 4) is 5.75 Å². The lowest BCUT2D eigenvalue weighted by molar-refractivity contribution is -0.137. The van der Waals surface area contributed by atoms with E-state index in [0.717, 1.165) is 12.1 Å². The van der Waals surface area contributed by atoms with Gasteiger partial charge in [0.1, 0.15) is 5.75 Å². The summed E-state index contributed by atoms with van der Waals surface area (Å²) in [5.41, 5.74) is 14.6. The number of guanidine groups is 2. The molecule has 1 aromatic rings. The Kier molecular flexibility index (Phi) is 5.01. The minimum atomic E-state index is -4.54. The SMILES string of the molecule is CC(C)Oc1cc(N=C(N)N=C(N)N)cc(C(F)(F)F)c1. The quantitative estimate of drug-likeness (QED) is 0.583. The highest BCUT2D eigenvalue weighted by Crippen LogP contribution is 2.35. The molecule has 0 fully saturated rings. The van der Waals surface area contributed by atoms with E-state index in [4.69, 9.17) is 21.9 Å². The van der Waals surface area contributed by atoms with Crippen molar-refractivity contribution in [1.82, 2.24) is 0 Å². The Hall–Kier alpha value is -2.45. The van der Waals surface area contributed by atoms with Gasteiger partial charge in [0.05, 0.1) is 17.4 Å². The van der Waals surface area contributed by atoms with Crippen molar-refractivity contribution in [1.29, 1.82) is 0 Å². The molecule has 0 atom stereocenters. The van der Waals surface area contributed by atoms with E-state index < -0.39 is 11.7 Å². The summed E-state index contributed by atoms with van der Waals surface area (Å²) in [7, 11) is 0. The summed E-state index contributed by atoms with van der Waals surface area (Å²) in [5.74, 6) is -0.678. The molecule has 0 aliphatic rings. The number of rotatable bonds is 3. The molecular formula is C12H16F3N5O. The van der Waals surface area contributed by atoms with Crippen LogP contribution in [0.25, 0.3) is 0 Å². The van der Waals surface area contributed by atoms with Crippen LogP contribution in [0, 0.1) is 0 Å². The van der Waals surface area contributed by atoms with Crippen LogP contribution in [0.4, 0.5) is 18.9 Å². The molecule has 21 heavy (non-hydrogen) atoms. The molecule has 0 amide bonds. The van der Waals surface area contributed by atoms with Crippen LogP contribution in [0.5, 0.6) is 5.75 Å². The van der Waals surface area contributed by atoms with Gasteiger partial charge in [0.2, 0.25) is 5.96 Å². The Balaban J connectivity index is 3.28. The van der Waals surface area contributed by atoms with E-state index >= 15 is 0 Å². The summed E-state index contributed by atoms with van der Waals surface area (Å²) in [6.45, 7) is 3.38. The zero-order valence-corrected chi connectivity index (χ0v) is 11.5. The highest BCUT2D eigenvalue weighted by Gasteiger charge is 2.31. The van der Waals surface area contributed by atoms with Crippen LogP contribution >= 0.6 is 0 Å². The molecule has 0 aliphatic heterocycles. The second kappa shape index (κ2) is 6.33. The standard InChI is InChI=1S/C12H16F3N5O/c1-6(2)21-9-4-7(12(13,14)15)3-8(5-9)19-11(18)20-10(16)17/h3-6H,1-2H3,(H6,16,17,18,19,20). The first kappa shape index (κ1) is 16.6. The summed E-state index contributed by atoms with van der Waals surface area (Å²) in [4.78, 5) is 7.14. The van der Waals surface area contributed by atoms with Gasteiger partial charge >= 0.3 is 6.18 Å². The van der Waals surface area contributed by atoms with Gasteiger partial charge < -0.3 is 21.9 Å². The van der Waals surface area contributed by atoms with Gasteiger partial charge in [-0.1, -0.05) is 0 Å². The second-order valence-corrected chi connectivity index (χ2v) is 4.39. The van der Waals surface area contributed by atoms with Crippen molar-refractivity contribution in [2.24, 2.45) is 27.2 Å². The van der Waals surface area contributed by atoms with Gasteiger partial charge in [0.25, 0.3) is 0 Å². The topological polar surface area (TPSA) is 112 Å². The number of halogens is 3. The molecule has 1 rings (SSSR count). The van der Waals surface area contributed by atoms with Gasteiger partial charge in [-0.2, -0.15) is 18.2 Å². The summed E-state index contributed by atoms with van der Waals surface area (Å²) in [6.07, 6.45) is -4.83. The lowest BCUT2D eigenvalue weighted by Crippen LogP contribution is -2.26. The highest BCUT2D eigenvalue weighted by atomic mass is 19.4. The van der Waals surface area contributed by atoms with Crippen molar-refractivity contribution >= 4 is 17.6 Å². The van der Waals surface area contributed by atoms with Crippen molar-refractivity contribution in [2.75, 3.05) is 0 Å². The summed E-state index contributed by atoms with van der Waals surface area (Å²) < 4.78 is 43.7. The number of hydrogen-bond donors (Lipinski definition) is 3. The number of nitrogens with two attached hydrogens (primary N) is 3. The van der Waals surface area contributed by atoms with E-state index in [9.17, 15) is 13.2 Å². The molecule has 6 N–H and O–H groups in total. The van der Waals surface area contributed by atoms with Crippen molar-refractivity contribution in [3.63, 3.8) is 0 Å². The maximum atomic E-state index is 12.8. The smallest absolute Gasteiger partial charge is 0.416 e. The van der Waals surface area contributed by atoms with Crippen LogP contribution in [-0.2, 0) is 6.18 Å². The lowest BCUT2D eigenvalue weighted by atomic mass is 10.2. The van der Waals surface area contributed by atoms with Crippen LogP contribution in [0.1, 0.15) is 19.4 Å². The van der Waals surface area contributed by atoms with Crippen LogP contribution in [0.2, 0.25) is 0 Å². The number of ether oxygens (including phenoxy) is 1. The molecule has 116 valence electrons. The Labute approximate surface area is 119 Å². The number of nitrogens with zero attached hydrogens (tertiary/aromatic N) is 2.